The highest BCUT2D eigenvalue weighted by Crippen LogP contribution is 2.26. The minimum absolute atomic E-state index is 0.151. The Balaban J connectivity index is 2.12. The number of hydrogen-bond acceptors (Lipinski definition) is 3. The van der Waals surface area contributed by atoms with Gasteiger partial charge in [-0.1, -0.05) is 13.0 Å². The Kier molecular flexibility index (Phi) is 5.62. The molecule has 1 heterocycles. The lowest BCUT2D eigenvalue weighted by molar-refractivity contribution is -0.119. The molecule has 1 saturated heterocycles. The van der Waals surface area contributed by atoms with Crippen molar-refractivity contribution >= 4 is 11.6 Å². The molecule has 0 bridgehead atoms. The molecule has 1 fully saturated rings. The summed E-state index contributed by atoms with van der Waals surface area (Å²) in [7, 11) is 0. The number of piperidine rings is 1. The number of carbonyl (C=O) groups excluding carboxylic acids is 1. The lowest BCUT2D eigenvalue weighted by Crippen LogP contribution is -2.47. The average molecular weight is 289 g/mol. The van der Waals surface area contributed by atoms with E-state index in [-0.39, 0.29) is 11.9 Å². The summed E-state index contributed by atoms with van der Waals surface area (Å²) in [4.78, 5) is 13.8. The highest BCUT2D eigenvalue weighted by Gasteiger charge is 2.27. The SMILES string of the molecule is CCCNCc1ccc(N2CCCCC2C(N)=O)cc1C. The summed E-state index contributed by atoms with van der Waals surface area (Å²) in [6.07, 6.45) is 4.23. The van der Waals surface area contributed by atoms with E-state index in [4.69, 9.17) is 5.73 Å². The third kappa shape index (κ3) is 3.97. The molecule has 1 aromatic carbocycles. The van der Waals surface area contributed by atoms with E-state index in [1.807, 2.05) is 0 Å². The molecular weight excluding hydrogens is 262 g/mol. The Morgan fingerprint density at radius 1 is 1.43 bits per heavy atom. The Morgan fingerprint density at radius 2 is 2.24 bits per heavy atom. The van der Waals surface area contributed by atoms with E-state index >= 15 is 0 Å². The first-order valence-electron chi connectivity index (χ1n) is 7.99. The second-order valence-electron chi connectivity index (χ2n) is 5.89. The van der Waals surface area contributed by atoms with Crippen molar-refractivity contribution in [1.82, 2.24) is 5.32 Å². The molecule has 0 saturated carbocycles. The van der Waals surface area contributed by atoms with Crippen LogP contribution < -0.4 is 16.0 Å². The van der Waals surface area contributed by atoms with Gasteiger partial charge in [0.25, 0.3) is 0 Å². The fourth-order valence-electron chi connectivity index (χ4n) is 2.99. The summed E-state index contributed by atoms with van der Waals surface area (Å²) in [5.41, 5.74) is 9.26. The van der Waals surface area contributed by atoms with Crippen LogP contribution in [0, 0.1) is 6.92 Å². The molecule has 0 aromatic heterocycles. The van der Waals surface area contributed by atoms with Crippen molar-refractivity contribution in [3.63, 3.8) is 0 Å². The Labute approximate surface area is 127 Å². The molecule has 1 aromatic rings. The maximum Gasteiger partial charge on any atom is 0.240 e. The van der Waals surface area contributed by atoms with E-state index in [1.54, 1.807) is 0 Å². The highest BCUT2D eigenvalue weighted by molar-refractivity contribution is 5.84. The lowest BCUT2D eigenvalue weighted by Gasteiger charge is -2.36. The van der Waals surface area contributed by atoms with Crippen LogP contribution in [-0.4, -0.2) is 25.0 Å². The van der Waals surface area contributed by atoms with Crippen molar-refractivity contribution in [1.29, 1.82) is 0 Å². The summed E-state index contributed by atoms with van der Waals surface area (Å²) >= 11 is 0. The molecule has 1 aliphatic heterocycles. The van der Waals surface area contributed by atoms with Crippen LogP contribution >= 0.6 is 0 Å². The third-order valence-electron chi connectivity index (χ3n) is 4.23. The average Bonchev–Trinajstić information content (AvgIpc) is 2.49. The topological polar surface area (TPSA) is 58.4 Å². The number of nitrogens with two attached hydrogens (primary N) is 1. The fraction of sp³-hybridized carbons (Fsp3) is 0.588. The standard InChI is InChI=1S/C17H27N3O/c1-3-9-19-12-14-7-8-15(11-13(14)2)20-10-5-4-6-16(20)17(18)21/h7-8,11,16,19H,3-6,9-10,12H2,1-2H3,(H2,18,21). The normalized spacial score (nSPS) is 18.8. The summed E-state index contributed by atoms with van der Waals surface area (Å²) in [6, 6.07) is 6.32. The molecule has 1 atom stereocenters. The summed E-state index contributed by atoms with van der Waals surface area (Å²) in [5.74, 6) is -0.207. The number of amides is 1. The number of benzene rings is 1. The summed E-state index contributed by atoms with van der Waals surface area (Å²) in [6.45, 7) is 7.16. The van der Waals surface area contributed by atoms with Crippen molar-refractivity contribution in [2.75, 3.05) is 18.0 Å². The van der Waals surface area contributed by atoms with Gasteiger partial charge in [0.05, 0.1) is 0 Å². The van der Waals surface area contributed by atoms with E-state index in [2.05, 4.69) is 42.3 Å². The molecule has 0 spiro atoms. The smallest absolute Gasteiger partial charge is 0.240 e. The Hall–Kier alpha value is -1.55. The number of nitrogens with one attached hydrogen (secondary N) is 1. The number of rotatable bonds is 6. The van der Waals surface area contributed by atoms with E-state index in [9.17, 15) is 4.79 Å². The quantitative estimate of drug-likeness (QED) is 0.790. The van der Waals surface area contributed by atoms with Gasteiger partial charge in [0.2, 0.25) is 5.91 Å². The predicted octanol–water partition coefficient (Wildman–Crippen LogP) is 2.34. The largest absolute Gasteiger partial charge is 0.368 e. The molecule has 21 heavy (non-hydrogen) atoms. The number of anilines is 1. The minimum Gasteiger partial charge on any atom is -0.368 e. The van der Waals surface area contributed by atoms with Crippen molar-refractivity contribution in [2.45, 2.75) is 52.1 Å². The monoisotopic (exact) mass is 289 g/mol. The van der Waals surface area contributed by atoms with Gasteiger partial charge >= 0.3 is 0 Å². The van der Waals surface area contributed by atoms with E-state index in [0.29, 0.717) is 0 Å². The van der Waals surface area contributed by atoms with Gasteiger partial charge < -0.3 is 16.0 Å². The molecule has 4 heteroatoms. The molecule has 0 aliphatic carbocycles. The van der Waals surface area contributed by atoms with E-state index in [0.717, 1.165) is 51.0 Å². The van der Waals surface area contributed by atoms with E-state index < -0.39 is 0 Å². The maximum atomic E-state index is 11.6. The van der Waals surface area contributed by atoms with Crippen LogP contribution in [0.2, 0.25) is 0 Å². The minimum atomic E-state index is -0.207. The van der Waals surface area contributed by atoms with Gasteiger partial charge in [-0.05, 0) is 62.4 Å². The number of carbonyl (C=O) groups is 1. The zero-order valence-corrected chi connectivity index (χ0v) is 13.2. The fourth-order valence-corrected chi connectivity index (χ4v) is 2.99. The molecule has 3 N–H and O–H groups in total. The number of primary amides is 1. The van der Waals surface area contributed by atoms with Crippen molar-refractivity contribution in [3.05, 3.63) is 29.3 Å². The van der Waals surface area contributed by atoms with Gasteiger partial charge in [0.1, 0.15) is 6.04 Å². The van der Waals surface area contributed by atoms with Crippen LogP contribution in [0.3, 0.4) is 0 Å². The lowest BCUT2D eigenvalue weighted by atomic mass is 9.99. The zero-order valence-electron chi connectivity index (χ0n) is 13.2. The Bertz CT molecular complexity index is 487. The first kappa shape index (κ1) is 15.8. The van der Waals surface area contributed by atoms with Gasteiger partial charge in [0, 0.05) is 18.8 Å². The molecule has 1 amide bonds. The van der Waals surface area contributed by atoms with Crippen molar-refractivity contribution < 1.29 is 4.79 Å². The van der Waals surface area contributed by atoms with E-state index in [1.165, 1.54) is 11.1 Å². The molecule has 116 valence electrons. The van der Waals surface area contributed by atoms with Gasteiger partial charge in [-0.15, -0.1) is 0 Å². The van der Waals surface area contributed by atoms with Crippen LogP contribution in [-0.2, 0) is 11.3 Å². The summed E-state index contributed by atoms with van der Waals surface area (Å²) in [5, 5.41) is 3.43. The van der Waals surface area contributed by atoms with Crippen LogP contribution in [0.15, 0.2) is 18.2 Å². The molecule has 2 rings (SSSR count). The molecular formula is C17H27N3O. The molecule has 0 radical (unpaired) electrons. The first-order valence-corrected chi connectivity index (χ1v) is 7.99. The number of aryl methyl sites for hydroxylation is 1. The second-order valence-corrected chi connectivity index (χ2v) is 5.89. The van der Waals surface area contributed by atoms with Crippen LogP contribution in [0.1, 0.15) is 43.7 Å². The maximum absolute atomic E-state index is 11.6. The van der Waals surface area contributed by atoms with Crippen molar-refractivity contribution in [2.24, 2.45) is 5.73 Å². The molecule has 1 aliphatic rings. The zero-order chi connectivity index (χ0) is 15.2. The van der Waals surface area contributed by atoms with Crippen molar-refractivity contribution in [3.8, 4) is 0 Å². The van der Waals surface area contributed by atoms with Gasteiger partial charge in [-0.2, -0.15) is 0 Å². The van der Waals surface area contributed by atoms with Crippen LogP contribution in [0.5, 0.6) is 0 Å². The highest BCUT2D eigenvalue weighted by atomic mass is 16.1. The molecule has 1 unspecified atom stereocenters. The van der Waals surface area contributed by atoms with Crippen LogP contribution in [0.25, 0.3) is 0 Å². The molecule has 4 nitrogen and oxygen atoms in total. The van der Waals surface area contributed by atoms with Crippen LogP contribution in [0.4, 0.5) is 5.69 Å². The number of nitrogens with zero attached hydrogens (tertiary/aromatic N) is 1. The number of hydrogen-bond donors (Lipinski definition) is 2. The predicted molar refractivity (Wildman–Crippen MR) is 87.4 cm³/mol. The third-order valence-corrected chi connectivity index (χ3v) is 4.23. The first-order chi connectivity index (χ1) is 10.1. The van der Waals surface area contributed by atoms with Gasteiger partial charge in [-0.3, -0.25) is 4.79 Å². The second kappa shape index (κ2) is 7.46. The summed E-state index contributed by atoms with van der Waals surface area (Å²) < 4.78 is 0. The Morgan fingerprint density at radius 3 is 2.90 bits per heavy atom. The van der Waals surface area contributed by atoms with Gasteiger partial charge in [-0.25, -0.2) is 0 Å². The van der Waals surface area contributed by atoms with Gasteiger partial charge in [0.15, 0.2) is 0 Å².